The maximum atomic E-state index is 11.5. The lowest BCUT2D eigenvalue weighted by Gasteiger charge is -2.16. The van der Waals surface area contributed by atoms with Crippen LogP contribution in [0.3, 0.4) is 0 Å². The molecule has 1 aromatic rings. The van der Waals surface area contributed by atoms with Crippen LogP contribution in [-0.2, 0) is 9.59 Å². The van der Waals surface area contributed by atoms with Crippen LogP contribution >= 0.6 is 15.9 Å². The fourth-order valence-corrected chi connectivity index (χ4v) is 1.60. The molecule has 0 aromatic carbocycles. The van der Waals surface area contributed by atoms with Gasteiger partial charge in [0.25, 0.3) is 5.91 Å². The SMILES string of the molecule is CC(O)C(NC(=O)CNC(=O)c1ccc(Br)o1)C(=O)O. The molecule has 0 saturated heterocycles. The van der Waals surface area contributed by atoms with E-state index >= 15 is 0 Å². The third kappa shape index (κ3) is 4.67. The first-order valence-electron chi connectivity index (χ1n) is 5.55. The highest BCUT2D eigenvalue weighted by Crippen LogP contribution is 2.13. The lowest BCUT2D eigenvalue weighted by atomic mass is 10.2. The number of furan rings is 1. The van der Waals surface area contributed by atoms with Crippen molar-refractivity contribution < 1.29 is 29.0 Å². The summed E-state index contributed by atoms with van der Waals surface area (Å²) in [5, 5.41) is 22.3. The Hall–Kier alpha value is -1.87. The minimum atomic E-state index is -1.43. The van der Waals surface area contributed by atoms with Crippen LogP contribution in [0.15, 0.2) is 21.2 Å². The van der Waals surface area contributed by atoms with E-state index in [0.29, 0.717) is 4.67 Å². The molecule has 0 fully saturated rings. The average molecular weight is 349 g/mol. The lowest BCUT2D eigenvalue weighted by Crippen LogP contribution is -2.50. The van der Waals surface area contributed by atoms with Gasteiger partial charge in [0.15, 0.2) is 16.5 Å². The number of aliphatic carboxylic acids is 1. The number of hydrogen-bond acceptors (Lipinski definition) is 5. The zero-order valence-electron chi connectivity index (χ0n) is 10.4. The number of aliphatic hydroxyl groups excluding tert-OH is 1. The summed E-state index contributed by atoms with van der Waals surface area (Å²) in [6.45, 7) is 0.797. The molecule has 1 rings (SSSR count). The minimum Gasteiger partial charge on any atom is -0.480 e. The first-order chi connectivity index (χ1) is 9.31. The zero-order chi connectivity index (χ0) is 15.3. The molecule has 0 aliphatic heterocycles. The number of carbonyl (C=O) groups is 3. The van der Waals surface area contributed by atoms with Crippen molar-refractivity contribution in [1.29, 1.82) is 0 Å². The molecule has 0 aliphatic rings. The number of nitrogens with one attached hydrogen (secondary N) is 2. The number of carboxylic acid groups (broad SMARTS) is 1. The van der Waals surface area contributed by atoms with E-state index < -0.39 is 36.5 Å². The summed E-state index contributed by atoms with van der Waals surface area (Å²) < 4.78 is 5.34. The van der Waals surface area contributed by atoms with Gasteiger partial charge in [0, 0.05) is 0 Å². The number of amides is 2. The number of carbonyl (C=O) groups excluding carboxylic acids is 2. The zero-order valence-corrected chi connectivity index (χ0v) is 12.0. The Balaban J connectivity index is 2.47. The Morgan fingerprint density at radius 3 is 2.50 bits per heavy atom. The van der Waals surface area contributed by atoms with Crippen LogP contribution < -0.4 is 10.6 Å². The first-order valence-corrected chi connectivity index (χ1v) is 6.34. The molecule has 2 unspecified atom stereocenters. The van der Waals surface area contributed by atoms with Crippen LogP contribution in [0.2, 0.25) is 0 Å². The van der Waals surface area contributed by atoms with E-state index in [4.69, 9.17) is 9.52 Å². The third-order valence-corrected chi connectivity index (χ3v) is 2.70. The van der Waals surface area contributed by atoms with Gasteiger partial charge in [-0.2, -0.15) is 0 Å². The van der Waals surface area contributed by atoms with E-state index in [2.05, 4.69) is 26.6 Å². The molecule has 8 nitrogen and oxygen atoms in total. The summed E-state index contributed by atoms with van der Waals surface area (Å²) in [5.41, 5.74) is 0. The summed E-state index contributed by atoms with van der Waals surface area (Å²) in [6.07, 6.45) is -1.26. The fraction of sp³-hybridized carbons (Fsp3) is 0.364. The monoisotopic (exact) mass is 348 g/mol. The minimum absolute atomic E-state index is 0.00925. The van der Waals surface area contributed by atoms with Gasteiger partial charge >= 0.3 is 5.97 Å². The van der Waals surface area contributed by atoms with Crippen LogP contribution in [0, 0.1) is 0 Å². The molecular formula is C11H13BrN2O6. The van der Waals surface area contributed by atoms with Crippen molar-refractivity contribution in [3.8, 4) is 0 Å². The van der Waals surface area contributed by atoms with Gasteiger partial charge in [-0.05, 0) is 35.0 Å². The van der Waals surface area contributed by atoms with Crippen LogP contribution in [-0.4, -0.2) is 46.7 Å². The summed E-state index contributed by atoms with van der Waals surface area (Å²) >= 11 is 3.03. The molecule has 20 heavy (non-hydrogen) atoms. The third-order valence-electron chi connectivity index (χ3n) is 2.27. The predicted octanol–water partition coefficient (Wildman–Crippen LogP) is -0.278. The molecule has 4 N–H and O–H groups in total. The van der Waals surface area contributed by atoms with E-state index in [-0.39, 0.29) is 5.76 Å². The van der Waals surface area contributed by atoms with Crippen molar-refractivity contribution in [2.45, 2.75) is 19.1 Å². The average Bonchev–Trinajstić information content (AvgIpc) is 2.79. The van der Waals surface area contributed by atoms with Crippen molar-refractivity contribution in [3.05, 3.63) is 22.6 Å². The summed E-state index contributed by atoms with van der Waals surface area (Å²) in [7, 11) is 0. The van der Waals surface area contributed by atoms with Crippen molar-refractivity contribution in [2.24, 2.45) is 0 Å². The first kappa shape index (κ1) is 16.2. The molecule has 9 heteroatoms. The number of rotatable bonds is 6. The van der Waals surface area contributed by atoms with Gasteiger partial charge in [-0.25, -0.2) is 4.79 Å². The second-order valence-corrected chi connectivity index (χ2v) is 4.69. The van der Waals surface area contributed by atoms with Gasteiger partial charge < -0.3 is 25.3 Å². The van der Waals surface area contributed by atoms with Crippen molar-refractivity contribution >= 4 is 33.7 Å². The molecule has 0 bridgehead atoms. The van der Waals surface area contributed by atoms with Crippen molar-refractivity contribution in [2.75, 3.05) is 6.54 Å². The topological polar surface area (TPSA) is 129 Å². The normalized spacial score (nSPS) is 13.3. The molecule has 0 spiro atoms. The molecular weight excluding hydrogens is 336 g/mol. The molecule has 2 amide bonds. The Labute approximate surface area is 122 Å². The van der Waals surface area contributed by atoms with Gasteiger partial charge in [-0.3, -0.25) is 9.59 Å². The van der Waals surface area contributed by atoms with Crippen molar-refractivity contribution in [3.63, 3.8) is 0 Å². The Bertz CT molecular complexity index is 513. The molecule has 1 aromatic heterocycles. The summed E-state index contributed by atoms with van der Waals surface area (Å²) in [4.78, 5) is 33.8. The van der Waals surface area contributed by atoms with Crippen LogP contribution in [0.5, 0.6) is 0 Å². The van der Waals surface area contributed by atoms with Crippen molar-refractivity contribution in [1.82, 2.24) is 10.6 Å². The van der Waals surface area contributed by atoms with E-state index in [1.54, 1.807) is 0 Å². The highest BCUT2D eigenvalue weighted by Gasteiger charge is 2.25. The number of halogens is 1. The Kier molecular flexibility index (Phi) is 5.71. The summed E-state index contributed by atoms with van der Waals surface area (Å²) in [6, 6.07) is 1.49. The highest BCUT2D eigenvalue weighted by atomic mass is 79.9. The van der Waals surface area contributed by atoms with Gasteiger partial charge in [0.1, 0.15) is 0 Å². The molecule has 0 aliphatic carbocycles. The van der Waals surface area contributed by atoms with E-state index in [9.17, 15) is 19.5 Å². The van der Waals surface area contributed by atoms with Gasteiger partial charge in [0.05, 0.1) is 12.6 Å². The van der Waals surface area contributed by atoms with Gasteiger partial charge in [-0.15, -0.1) is 0 Å². The van der Waals surface area contributed by atoms with E-state index in [1.165, 1.54) is 19.1 Å². The van der Waals surface area contributed by atoms with Crippen LogP contribution in [0.25, 0.3) is 0 Å². The molecule has 0 radical (unpaired) electrons. The fourth-order valence-electron chi connectivity index (χ4n) is 1.30. The number of carboxylic acids is 1. The molecule has 1 heterocycles. The smallest absolute Gasteiger partial charge is 0.328 e. The quantitative estimate of drug-likeness (QED) is 0.559. The van der Waals surface area contributed by atoms with E-state index in [0.717, 1.165) is 0 Å². The maximum absolute atomic E-state index is 11.5. The summed E-state index contributed by atoms with van der Waals surface area (Å²) in [5.74, 6) is -2.71. The Morgan fingerprint density at radius 1 is 1.40 bits per heavy atom. The van der Waals surface area contributed by atoms with Gasteiger partial charge in [0.2, 0.25) is 5.91 Å². The van der Waals surface area contributed by atoms with Gasteiger partial charge in [-0.1, -0.05) is 0 Å². The largest absolute Gasteiger partial charge is 0.480 e. The van der Waals surface area contributed by atoms with E-state index in [1.807, 2.05) is 0 Å². The van der Waals surface area contributed by atoms with Crippen LogP contribution in [0.4, 0.5) is 0 Å². The molecule has 110 valence electrons. The predicted molar refractivity (Wildman–Crippen MR) is 70.0 cm³/mol. The number of hydrogen-bond donors (Lipinski definition) is 4. The maximum Gasteiger partial charge on any atom is 0.328 e. The lowest BCUT2D eigenvalue weighted by molar-refractivity contribution is -0.144. The second-order valence-electron chi connectivity index (χ2n) is 3.91. The number of aliphatic hydroxyl groups is 1. The Morgan fingerprint density at radius 2 is 2.05 bits per heavy atom. The highest BCUT2D eigenvalue weighted by molar-refractivity contribution is 9.10. The molecule has 0 saturated carbocycles. The molecule has 2 atom stereocenters. The standard InChI is InChI=1S/C11H13BrN2O6/c1-5(15)9(11(18)19)14-8(16)4-13-10(17)6-2-3-7(12)20-6/h2-3,5,9,15H,4H2,1H3,(H,13,17)(H,14,16)(H,18,19). The van der Waals surface area contributed by atoms with Crippen LogP contribution in [0.1, 0.15) is 17.5 Å². The second kappa shape index (κ2) is 7.06.